The van der Waals surface area contributed by atoms with Crippen molar-refractivity contribution >= 4 is 5.69 Å². The average molecular weight is 291 g/mol. The SMILES string of the molecule is CCC(C)(C)c1ccc(Oc2cc(F)cc(F)c2N)cc1. The molecule has 0 atom stereocenters. The molecule has 2 nitrogen and oxygen atoms in total. The Hall–Kier alpha value is -2.10. The highest BCUT2D eigenvalue weighted by Crippen LogP contribution is 2.32. The number of nitrogen functional groups attached to an aromatic ring is 1. The molecule has 0 spiro atoms. The second-order valence-corrected chi connectivity index (χ2v) is 5.66. The van der Waals surface area contributed by atoms with Crippen LogP contribution in [0.3, 0.4) is 0 Å². The molecule has 0 aliphatic carbocycles. The van der Waals surface area contributed by atoms with Gasteiger partial charge in [-0.25, -0.2) is 8.78 Å². The number of ether oxygens (including phenoxy) is 1. The third-order valence-corrected chi connectivity index (χ3v) is 3.80. The van der Waals surface area contributed by atoms with E-state index >= 15 is 0 Å². The van der Waals surface area contributed by atoms with E-state index < -0.39 is 11.6 Å². The summed E-state index contributed by atoms with van der Waals surface area (Å²) in [5, 5.41) is 0. The van der Waals surface area contributed by atoms with E-state index in [9.17, 15) is 8.78 Å². The van der Waals surface area contributed by atoms with Crippen molar-refractivity contribution in [2.45, 2.75) is 32.6 Å². The van der Waals surface area contributed by atoms with Gasteiger partial charge in [-0.05, 0) is 29.5 Å². The fraction of sp³-hybridized carbons (Fsp3) is 0.294. The maximum atomic E-state index is 13.4. The predicted octanol–water partition coefficient (Wildman–Crippen LogP) is 5.03. The number of halogens is 2. The standard InChI is InChI=1S/C17H19F2NO/c1-4-17(2,3)11-5-7-13(8-6-11)21-15-10-12(18)9-14(19)16(15)20/h5-10H,4,20H2,1-3H3. The second-order valence-electron chi connectivity index (χ2n) is 5.66. The molecule has 2 N–H and O–H groups in total. The number of nitrogens with two attached hydrogens (primary N) is 1. The monoisotopic (exact) mass is 291 g/mol. The van der Waals surface area contributed by atoms with Gasteiger partial charge in [-0.1, -0.05) is 32.9 Å². The number of hydrogen-bond donors (Lipinski definition) is 1. The fourth-order valence-corrected chi connectivity index (χ4v) is 1.95. The highest BCUT2D eigenvalue weighted by molar-refractivity contribution is 5.55. The topological polar surface area (TPSA) is 35.2 Å². The predicted molar refractivity (Wildman–Crippen MR) is 80.6 cm³/mol. The maximum absolute atomic E-state index is 13.4. The molecule has 0 radical (unpaired) electrons. The number of hydrogen-bond acceptors (Lipinski definition) is 2. The Morgan fingerprint density at radius 2 is 1.71 bits per heavy atom. The summed E-state index contributed by atoms with van der Waals surface area (Å²) in [5.74, 6) is -1.08. The molecule has 0 bridgehead atoms. The van der Waals surface area contributed by atoms with Crippen molar-refractivity contribution < 1.29 is 13.5 Å². The van der Waals surface area contributed by atoms with Crippen molar-refractivity contribution in [1.82, 2.24) is 0 Å². The molecule has 112 valence electrons. The van der Waals surface area contributed by atoms with Crippen LogP contribution >= 0.6 is 0 Å². The highest BCUT2D eigenvalue weighted by Gasteiger charge is 2.18. The number of anilines is 1. The molecule has 2 rings (SSSR count). The van der Waals surface area contributed by atoms with E-state index in [1.807, 2.05) is 12.1 Å². The Bertz CT molecular complexity index is 636. The normalized spacial score (nSPS) is 11.5. The van der Waals surface area contributed by atoms with Gasteiger partial charge in [0, 0.05) is 12.1 Å². The third kappa shape index (κ3) is 3.32. The molecule has 0 unspecified atom stereocenters. The van der Waals surface area contributed by atoms with Crippen LogP contribution in [0.2, 0.25) is 0 Å². The zero-order chi connectivity index (χ0) is 15.6. The summed E-state index contributed by atoms with van der Waals surface area (Å²) in [5.41, 5.74) is 6.60. The molecular weight excluding hydrogens is 272 g/mol. The zero-order valence-corrected chi connectivity index (χ0v) is 12.4. The van der Waals surface area contributed by atoms with Gasteiger partial charge in [0.25, 0.3) is 0 Å². The van der Waals surface area contributed by atoms with Gasteiger partial charge in [0.05, 0.1) is 0 Å². The van der Waals surface area contributed by atoms with Crippen LogP contribution < -0.4 is 10.5 Å². The van der Waals surface area contributed by atoms with Crippen LogP contribution in [0.4, 0.5) is 14.5 Å². The summed E-state index contributed by atoms with van der Waals surface area (Å²) >= 11 is 0. The van der Waals surface area contributed by atoms with Crippen LogP contribution in [0.5, 0.6) is 11.5 Å². The molecule has 0 aliphatic heterocycles. The lowest BCUT2D eigenvalue weighted by molar-refractivity contribution is 0.469. The van der Waals surface area contributed by atoms with Gasteiger partial charge in [-0.2, -0.15) is 0 Å². The van der Waals surface area contributed by atoms with E-state index in [2.05, 4.69) is 20.8 Å². The lowest BCUT2D eigenvalue weighted by Crippen LogP contribution is -2.14. The second kappa shape index (κ2) is 5.72. The van der Waals surface area contributed by atoms with Crippen LogP contribution in [0.15, 0.2) is 36.4 Å². The van der Waals surface area contributed by atoms with E-state index in [1.54, 1.807) is 12.1 Å². The van der Waals surface area contributed by atoms with Gasteiger partial charge in [0.15, 0.2) is 11.6 Å². The lowest BCUT2D eigenvalue weighted by Gasteiger charge is -2.23. The first-order chi connectivity index (χ1) is 9.83. The van der Waals surface area contributed by atoms with Crippen LogP contribution in [-0.4, -0.2) is 0 Å². The van der Waals surface area contributed by atoms with Crippen molar-refractivity contribution in [3.8, 4) is 11.5 Å². The molecular formula is C17H19F2NO. The van der Waals surface area contributed by atoms with Gasteiger partial charge in [0.1, 0.15) is 17.3 Å². The molecule has 2 aromatic carbocycles. The van der Waals surface area contributed by atoms with Crippen molar-refractivity contribution in [3.63, 3.8) is 0 Å². The van der Waals surface area contributed by atoms with Crippen molar-refractivity contribution in [3.05, 3.63) is 53.6 Å². The first kappa shape index (κ1) is 15.3. The lowest BCUT2D eigenvalue weighted by atomic mass is 9.82. The third-order valence-electron chi connectivity index (χ3n) is 3.80. The van der Waals surface area contributed by atoms with Gasteiger partial charge in [-0.15, -0.1) is 0 Å². The van der Waals surface area contributed by atoms with Crippen molar-refractivity contribution in [1.29, 1.82) is 0 Å². The van der Waals surface area contributed by atoms with E-state index in [0.29, 0.717) is 5.75 Å². The highest BCUT2D eigenvalue weighted by atomic mass is 19.1. The fourth-order valence-electron chi connectivity index (χ4n) is 1.95. The molecule has 0 amide bonds. The summed E-state index contributed by atoms with van der Waals surface area (Å²) in [6.07, 6.45) is 1.01. The Morgan fingerprint density at radius 3 is 2.29 bits per heavy atom. The summed E-state index contributed by atoms with van der Waals surface area (Å²) in [7, 11) is 0. The molecule has 0 fully saturated rings. The Labute approximate surface area is 123 Å². The first-order valence-corrected chi connectivity index (χ1v) is 6.86. The molecule has 0 aromatic heterocycles. The quantitative estimate of drug-likeness (QED) is 0.802. The summed E-state index contributed by atoms with van der Waals surface area (Å²) < 4.78 is 32.0. The van der Waals surface area contributed by atoms with Gasteiger partial charge >= 0.3 is 0 Å². The maximum Gasteiger partial charge on any atom is 0.156 e. The molecule has 0 aliphatic rings. The molecule has 0 heterocycles. The molecule has 0 saturated carbocycles. The minimum absolute atomic E-state index is 0.0185. The van der Waals surface area contributed by atoms with Crippen LogP contribution in [0.1, 0.15) is 32.8 Å². The number of benzene rings is 2. The van der Waals surface area contributed by atoms with E-state index in [0.717, 1.165) is 18.6 Å². The smallest absolute Gasteiger partial charge is 0.156 e. The molecule has 21 heavy (non-hydrogen) atoms. The van der Waals surface area contributed by atoms with Gasteiger partial charge < -0.3 is 10.5 Å². The van der Waals surface area contributed by atoms with Crippen LogP contribution in [0, 0.1) is 11.6 Å². The Balaban J connectivity index is 2.25. The molecule has 2 aromatic rings. The number of rotatable bonds is 4. The van der Waals surface area contributed by atoms with E-state index in [-0.39, 0.29) is 16.9 Å². The van der Waals surface area contributed by atoms with Crippen LogP contribution in [0.25, 0.3) is 0 Å². The van der Waals surface area contributed by atoms with Crippen molar-refractivity contribution in [2.24, 2.45) is 0 Å². The van der Waals surface area contributed by atoms with E-state index in [4.69, 9.17) is 10.5 Å². The first-order valence-electron chi connectivity index (χ1n) is 6.86. The molecule has 4 heteroatoms. The zero-order valence-electron chi connectivity index (χ0n) is 12.4. The van der Waals surface area contributed by atoms with Gasteiger partial charge in [-0.3, -0.25) is 0 Å². The van der Waals surface area contributed by atoms with E-state index in [1.165, 1.54) is 5.56 Å². The molecule has 0 saturated heterocycles. The Morgan fingerprint density at radius 1 is 1.10 bits per heavy atom. The average Bonchev–Trinajstić information content (AvgIpc) is 2.45. The summed E-state index contributed by atoms with van der Waals surface area (Å²) in [6.45, 7) is 6.44. The summed E-state index contributed by atoms with van der Waals surface area (Å²) in [4.78, 5) is 0. The summed E-state index contributed by atoms with van der Waals surface area (Å²) in [6, 6.07) is 9.25. The minimum atomic E-state index is -0.825. The minimum Gasteiger partial charge on any atom is -0.455 e. The van der Waals surface area contributed by atoms with Crippen LogP contribution in [-0.2, 0) is 5.41 Å². The largest absolute Gasteiger partial charge is 0.455 e. The Kier molecular flexibility index (Phi) is 4.16. The van der Waals surface area contributed by atoms with Gasteiger partial charge in [0.2, 0.25) is 0 Å². The van der Waals surface area contributed by atoms with Crippen molar-refractivity contribution in [2.75, 3.05) is 5.73 Å².